The zero-order valence-corrected chi connectivity index (χ0v) is 8.90. The molecule has 0 nitrogen and oxygen atoms in total. The third kappa shape index (κ3) is 1.74. The molecule has 0 heteroatoms. The van der Waals surface area contributed by atoms with Crippen molar-refractivity contribution in [1.82, 2.24) is 0 Å². The van der Waals surface area contributed by atoms with Gasteiger partial charge in [-0.1, -0.05) is 55.3 Å². The van der Waals surface area contributed by atoms with Crippen molar-refractivity contribution in [3.05, 3.63) is 48.0 Å². The first kappa shape index (κ1) is 9.80. The Morgan fingerprint density at radius 3 is 2.60 bits per heavy atom. The molecule has 74 valence electrons. The molecule has 1 atom stereocenters. The van der Waals surface area contributed by atoms with Crippen molar-refractivity contribution in [2.45, 2.75) is 19.3 Å². The maximum absolute atomic E-state index is 5.56. The molecule has 0 N–H and O–H groups in total. The predicted octanol–water partition coefficient (Wildman–Crippen LogP) is 3.97. The predicted molar refractivity (Wildman–Crippen MR) is 65.8 cm³/mol. The summed E-state index contributed by atoms with van der Waals surface area (Å²) in [7, 11) is 0. The summed E-state index contributed by atoms with van der Waals surface area (Å²) in [6, 6.07) is 14.7. The van der Waals surface area contributed by atoms with E-state index in [1.54, 1.807) is 0 Å². The Hall–Kier alpha value is -1.74. The minimum Gasteiger partial charge on any atom is -0.119 e. The van der Waals surface area contributed by atoms with Gasteiger partial charge in [-0.3, -0.25) is 0 Å². The van der Waals surface area contributed by atoms with E-state index in [0.717, 1.165) is 6.42 Å². The molecule has 0 saturated heterocycles. The summed E-state index contributed by atoms with van der Waals surface area (Å²) < 4.78 is 0. The van der Waals surface area contributed by atoms with E-state index in [1.165, 1.54) is 16.3 Å². The van der Waals surface area contributed by atoms with Crippen molar-refractivity contribution in [3.8, 4) is 12.3 Å². The summed E-state index contributed by atoms with van der Waals surface area (Å²) in [6.07, 6.45) is 6.55. The molecule has 0 fully saturated rings. The Morgan fingerprint density at radius 1 is 1.13 bits per heavy atom. The molecule has 0 aromatic heterocycles. The van der Waals surface area contributed by atoms with Gasteiger partial charge >= 0.3 is 0 Å². The second-order valence-corrected chi connectivity index (χ2v) is 3.70. The van der Waals surface area contributed by atoms with Crippen LogP contribution in [0.15, 0.2) is 42.5 Å². The molecule has 0 spiro atoms. The van der Waals surface area contributed by atoms with E-state index in [9.17, 15) is 0 Å². The second kappa shape index (κ2) is 4.19. The number of terminal acetylenes is 1. The summed E-state index contributed by atoms with van der Waals surface area (Å²) >= 11 is 0. The van der Waals surface area contributed by atoms with E-state index in [0.29, 0.717) is 0 Å². The first-order chi connectivity index (χ1) is 7.36. The quantitative estimate of drug-likeness (QED) is 0.635. The second-order valence-electron chi connectivity index (χ2n) is 3.70. The smallest absolute Gasteiger partial charge is 0.0453 e. The Morgan fingerprint density at radius 2 is 1.87 bits per heavy atom. The zero-order chi connectivity index (χ0) is 10.7. The molecule has 0 heterocycles. The Labute approximate surface area is 90.9 Å². The molecule has 1 unspecified atom stereocenters. The van der Waals surface area contributed by atoms with Crippen LogP contribution in [-0.2, 0) is 0 Å². The first-order valence-corrected chi connectivity index (χ1v) is 5.30. The van der Waals surface area contributed by atoms with Crippen molar-refractivity contribution in [2.75, 3.05) is 0 Å². The van der Waals surface area contributed by atoms with Gasteiger partial charge in [-0.15, -0.1) is 6.42 Å². The minimum atomic E-state index is 0.232. The highest BCUT2D eigenvalue weighted by Crippen LogP contribution is 2.26. The van der Waals surface area contributed by atoms with Crippen LogP contribution < -0.4 is 0 Å². The maximum Gasteiger partial charge on any atom is 0.0453 e. The van der Waals surface area contributed by atoms with Crippen LogP contribution in [-0.4, -0.2) is 0 Å². The lowest BCUT2D eigenvalue weighted by molar-refractivity contribution is 0.838. The molecular weight excluding hydrogens is 180 g/mol. The molecule has 15 heavy (non-hydrogen) atoms. The fraction of sp³-hybridized carbons (Fsp3) is 0.200. The summed E-state index contributed by atoms with van der Waals surface area (Å²) in [6.45, 7) is 2.13. The lowest BCUT2D eigenvalue weighted by atomic mass is 9.92. The molecule has 0 saturated carbocycles. The number of benzene rings is 2. The highest BCUT2D eigenvalue weighted by Gasteiger charge is 2.08. The van der Waals surface area contributed by atoms with Crippen LogP contribution >= 0.6 is 0 Å². The molecule has 2 aromatic rings. The van der Waals surface area contributed by atoms with Gasteiger partial charge < -0.3 is 0 Å². The third-order valence-corrected chi connectivity index (χ3v) is 2.81. The lowest BCUT2D eigenvalue weighted by Crippen LogP contribution is -1.94. The largest absolute Gasteiger partial charge is 0.119 e. The molecule has 0 aliphatic carbocycles. The van der Waals surface area contributed by atoms with Crippen LogP contribution in [0, 0.1) is 12.3 Å². The molecule has 0 bridgehead atoms. The van der Waals surface area contributed by atoms with Crippen LogP contribution in [0.25, 0.3) is 10.8 Å². The van der Waals surface area contributed by atoms with E-state index < -0.39 is 0 Å². The summed E-state index contributed by atoms with van der Waals surface area (Å²) in [4.78, 5) is 0. The summed E-state index contributed by atoms with van der Waals surface area (Å²) in [5.41, 5.74) is 1.28. The molecule has 0 radical (unpaired) electrons. The highest BCUT2D eigenvalue weighted by atomic mass is 14.1. The standard InChI is InChI=1S/C15H14/c1-3-12(4-2)14-11-7-9-13-8-5-6-10-15(13)14/h1,5-12H,4H2,2H3. The highest BCUT2D eigenvalue weighted by molar-refractivity contribution is 5.86. The van der Waals surface area contributed by atoms with Crippen molar-refractivity contribution >= 4 is 10.8 Å². The van der Waals surface area contributed by atoms with E-state index in [1.807, 2.05) is 0 Å². The minimum absolute atomic E-state index is 0.232. The van der Waals surface area contributed by atoms with Crippen molar-refractivity contribution < 1.29 is 0 Å². The number of hydrogen-bond donors (Lipinski definition) is 0. The van der Waals surface area contributed by atoms with Gasteiger partial charge in [0, 0.05) is 5.92 Å². The molecule has 0 aliphatic rings. The third-order valence-electron chi connectivity index (χ3n) is 2.81. The van der Waals surface area contributed by atoms with Crippen molar-refractivity contribution in [3.63, 3.8) is 0 Å². The lowest BCUT2D eigenvalue weighted by Gasteiger charge is -2.11. The van der Waals surface area contributed by atoms with E-state index >= 15 is 0 Å². The van der Waals surface area contributed by atoms with Gasteiger partial charge in [0.2, 0.25) is 0 Å². The van der Waals surface area contributed by atoms with Gasteiger partial charge in [0.1, 0.15) is 0 Å². The summed E-state index contributed by atoms with van der Waals surface area (Å²) in [5.74, 6) is 3.09. The Balaban J connectivity index is 2.66. The van der Waals surface area contributed by atoms with Crippen LogP contribution in [0.3, 0.4) is 0 Å². The SMILES string of the molecule is C#CC(CC)c1cccc2ccccc12. The zero-order valence-electron chi connectivity index (χ0n) is 8.90. The van der Waals surface area contributed by atoms with E-state index in [4.69, 9.17) is 6.42 Å². The molecule has 0 aliphatic heterocycles. The van der Waals surface area contributed by atoms with Crippen molar-refractivity contribution in [2.24, 2.45) is 0 Å². The Bertz CT molecular complexity index is 497. The monoisotopic (exact) mass is 194 g/mol. The number of rotatable bonds is 2. The number of fused-ring (bicyclic) bond motifs is 1. The topological polar surface area (TPSA) is 0 Å². The average molecular weight is 194 g/mol. The maximum atomic E-state index is 5.56. The van der Waals surface area contributed by atoms with E-state index in [-0.39, 0.29) is 5.92 Å². The van der Waals surface area contributed by atoms with Crippen LogP contribution in [0.5, 0.6) is 0 Å². The van der Waals surface area contributed by atoms with Gasteiger partial charge in [0.15, 0.2) is 0 Å². The molecule has 0 amide bonds. The average Bonchev–Trinajstić information content (AvgIpc) is 2.31. The van der Waals surface area contributed by atoms with E-state index in [2.05, 4.69) is 55.3 Å². The van der Waals surface area contributed by atoms with Gasteiger partial charge in [-0.25, -0.2) is 0 Å². The normalized spacial score (nSPS) is 12.3. The van der Waals surface area contributed by atoms with Crippen LogP contribution in [0.4, 0.5) is 0 Å². The molecule has 2 rings (SSSR count). The first-order valence-electron chi connectivity index (χ1n) is 5.30. The molecule has 2 aromatic carbocycles. The number of hydrogen-bond acceptors (Lipinski definition) is 0. The van der Waals surface area contributed by atoms with Crippen LogP contribution in [0.1, 0.15) is 24.8 Å². The molecular formula is C15H14. The van der Waals surface area contributed by atoms with Crippen LogP contribution in [0.2, 0.25) is 0 Å². The van der Waals surface area contributed by atoms with Gasteiger partial charge in [-0.2, -0.15) is 0 Å². The fourth-order valence-electron chi connectivity index (χ4n) is 1.98. The van der Waals surface area contributed by atoms with Gasteiger partial charge in [0.25, 0.3) is 0 Å². The summed E-state index contributed by atoms with van der Waals surface area (Å²) in [5, 5.41) is 2.55. The van der Waals surface area contributed by atoms with Gasteiger partial charge in [-0.05, 0) is 22.8 Å². The fourth-order valence-corrected chi connectivity index (χ4v) is 1.98. The Kier molecular flexibility index (Phi) is 2.74. The van der Waals surface area contributed by atoms with Crippen molar-refractivity contribution in [1.29, 1.82) is 0 Å². The van der Waals surface area contributed by atoms with Gasteiger partial charge in [0.05, 0.1) is 0 Å².